The van der Waals surface area contributed by atoms with Crippen LogP contribution in [0.2, 0.25) is 0 Å². The summed E-state index contributed by atoms with van der Waals surface area (Å²) in [6.07, 6.45) is 3.46. The molecule has 0 aliphatic carbocycles. The number of hydrogen-bond donors (Lipinski definition) is 0. The molecule has 1 heterocycles. The Morgan fingerprint density at radius 1 is 0.706 bits per heavy atom. The monoisotopic (exact) mass is 475 g/mol. The van der Waals surface area contributed by atoms with Crippen LogP contribution >= 0.6 is 0 Å². The number of ketones is 1. The molecule has 34 heavy (non-hydrogen) atoms. The van der Waals surface area contributed by atoms with E-state index in [1.807, 2.05) is 24.3 Å². The first-order valence-corrected chi connectivity index (χ1v) is 12.1. The molecule has 0 amide bonds. The van der Waals surface area contributed by atoms with Crippen molar-refractivity contribution >= 4 is 28.0 Å². The van der Waals surface area contributed by atoms with E-state index in [0.717, 1.165) is 11.1 Å². The molecule has 0 aromatic heterocycles. The van der Waals surface area contributed by atoms with Crippen molar-refractivity contribution in [1.29, 1.82) is 0 Å². The molecule has 1 saturated heterocycles. The van der Waals surface area contributed by atoms with Gasteiger partial charge in [0, 0.05) is 24.2 Å². The molecule has 0 atom stereocenters. The summed E-state index contributed by atoms with van der Waals surface area (Å²) in [5.74, 6) is 1.22. The Bertz CT molecular complexity index is 1260. The molecule has 7 heteroatoms. The molecular formula is C27H25NO5S. The lowest BCUT2D eigenvalue weighted by atomic mass is 9.95. The molecule has 0 unspecified atom stereocenters. The number of hydrogen-bond acceptors (Lipinski definition) is 5. The summed E-state index contributed by atoms with van der Waals surface area (Å²) in [5.41, 5.74) is 2.37. The largest absolute Gasteiger partial charge is 0.497 e. The zero-order valence-corrected chi connectivity index (χ0v) is 19.8. The second-order valence-electron chi connectivity index (χ2n) is 7.80. The number of methoxy groups -OCH3 is 2. The molecule has 0 saturated carbocycles. The third kappa shape index (κ3) is 5.11. The lowest BCUT2D eigenvalue weighted by Gasteiger charge is -2.29. The lowest BCUT2D eigenvalue weighted by Crippen LogP contribution is -2.41. The van der Waals surface area contributed by atoms with Crippen molar-refractivity contribution in [1.82, 2.24) is 4.31 Å². The number of piperidine rings is 1. The van der Waals surface area contributed by atoms with Gasteiger partial charge in [-0.05, 0) is 59.7 Å². The van der Waals surface area contributed by atoms with E-state index in [4.69, 9.17) is 9.47 Å². The maximum Gasteiger partial charge on any atom is 0.243 e. The SMILES string of the molecule is COc1ccc(C=C2CN(S(=O)(=O)c3ccccc3)CC(=Cc3ccc(OC)cc3)C2=O)cc1. The molecule has 4 rings (SSSR count). The van der Waals surface area contributed by atoms with Crippen LogP contribution in [0.25, 0.3) is 12.2 Å². The van der Waals surface area contributed by atoms with Crippen LogP contribution in [-0.4, -0.2) is 45.8 Å². The van der Waals surface area contributed by atoms with Crippen LogP contribution in [0.4, 0.5) is 0 Å². The Morgan fingerprint density at radius 2 is 1.15 bits per heavy atom. The van der Waals surface area contributed by atoms with Crippen molar-refractivity contribution in [3.05, 3.63) is 101 Å². The van der Waals surface area contributed by atoms with Crippen LogP contribution in [0, 0.1) is 0 Å². The Balaban J connectivity index is 1.75. The van der Waals surface area contributed by atoms with Gasteiger partial charge in [-0.1, -0.05) is 42.5 Å². The highest BCUT2D eigenvalue weighted by Crippen LogP contribution is 2.27. The van der Waals surface area contributed by atoms with Gasteiger partial charge in [-0.2, -0.15) is 4.31 Å². The predicted molar refractivity (Wildman–Crippen MR) is 132 cm³/mol. The lowest BCUT2D eigenvalue weighted by molar-refractivity contribution is -0.113. The number of rotatable bonds is 6. The Morgan fingerprint density at radius 3 is 1.56 bits per heavy atom. The van der Waals surface area contributed by atoms with Crippen LogP contribution in [0.3, 0.4) is 0 Å². The van der Waals surface area contributed by atoms with Gasteiger partial charge in [0.25, 0.3) is 0 Å². The van der Waals surface area contributed by atoms with Gasteiger partial charge in [0.15, 0.2) is 5.78 Å². The van der Waals surface area contributed by atoms with E-state index in [-0.39, 0.29) is 23.8 Å². The third-order valence-corrected chi connectivity index (χ3v) is 7.38. The number of Topliss-reactive ketones (excluding diaryl/α,β-unsaturated/α-hetero) is 1. The molecule has 0 N–H and O–H groups in total. The second kappa shape index (κ2) is 10.1. The Kier molecular flexibility index (Phi) is 6.95. The zero-order chi connectivity index (χ0) is 24.1. The third-order valence-electron chi connectivity index (χ3n) is 5.57. The highest BCUT2D eigenvalue weighted by molar-refractivity contribution is 7.89. The number of carbonyl (C=O) groups is 1. The van der Waals surface area contributed by atoms with Gasteiger partial charge >= 0.3 is 0 Å². The number of carbonyl (C=O) groups excluding carboxylic acids is 1. The molecule has 174 valence electrons. The number of benzene rings is 3. The molecule has 0 spiro atoms. The average molecular weight is 476 g/mol. The molecule has 3 aromatic carbocycles. The van der Waals surface area contributed by atoms with E-state index < -0.39 is 10.0 Å². The number of ether oxygens (including phenoxy) is 2. The van der Waals surface area contributed by atoms with Gasteiger partial charge in [-0.15, -0.1) is 0 Å². The quantitative estimate of drug-likeness (QED) is 0.493. The van der Waals surface area contributed by atoms with Crippen molar-refractivity contribution in [3.63, 3.8) is 0 Å². The first-order chi connectivity index (χ1) is 16.4. The first kappa shape index (κ1) is 23.5. The Hall–Kier alpha value is -3.68. The fourth-order valence-electron chi connectivity index (χ4n) is 3.72. The van der Waals surface area contributed by atoms with Crippen molar-refractivity contribution < 1.29 is 22.7 Å². The van der Waals surface area contributed by atoms with Crippen LogP contribution in [0.5, 0.6) is 11.5 Å². The number of nitrogens with zero attached hydrogens (tertiary/aromatic N) is 1. The normalized spacial score (nSPS) is 17.2. The summed E-state index contributed by atoms with van der Waals surface area (Å²) < 4.78 is 38.5. The fraction of sp³-hybridized carbons (Fsp3) is 0.148. The maximum absolute atomic E-state index is 13.4. The van der Waals surface area contributed by atoms with E-state index in [1.54, 1.807) is 81.0 Å². The second-order valence-corrected chi connectivity index (χ2v) is 9.74. The molecular weight excluding hydrogens is 450 g/mol. The van der Waals surface area contributed by atoms with Crippen molar-refractivity contribution in [2.45, 2.75) is 4.90 Å². The highest BCUT2D eigenvalue weighted by Gasteiger charge is 2.34. The Labute approximate surface area is 199 Å². The standard InChI is InChI=1S/C27H25NO5S/c1-32-24-12-8-20(9-13-24)16-22-18-28(34(30,31)26-6-4-3-5-7-26)19-23(27(22)29)17-21-10-14-25(33-2)15-11-21/h3-17H,18-19H2,1-2H3. The van der Waals surface area contributed by atoms with E-state index in [2.05, 4.69) is 0 Å². The predicted octanol–water partition coefficient (Wildman–Crippen LogP) is 4.44. The van der Waals surface area contributed by atoms with Gasteiger partial charge in [0.2, 0.25) is 10.0 Å². The first-order valence-electron chi connectivity index (χ1n) is 10.7. The molecule has 1 aliphatic heterocycles. The number of sulfonamides is 1. The van der Waals surface area contributed by atoms with Crippen LogP contribution in [0.15, 0.2) is 94.9 Å². The molecule has 3 aromatic rings. The van der Waals surface area contributed by atoms with Gasteiger partial charge in [0.1, 0.15) is 11.5 Å². The summed E-state index contributed by atoms with van der Waals surface area (Å²) in [6.45, 7) is -0.0237. The van der Waals surface area contributed by atoms with Gasteiger partial charge in [0.05, 0.1) is 19.1 Å². The molecule has 0 bridgehead atoms. The molecule has 6 nitrogen and oxygen atoms in total. The van der Waals surface area contributed by atoms with Crippen LogP contribution in [-0.2, 0) is 14.8 Å². The zero-order valence-electron chi connectivity index (χ0n) is 19.0. The summed E-state index contributed by atoms with van der Waals surface area (Å²) in [4.78, 5) is 13.6. The fourth-order valence-corrected chi connectivity index (χ4v) is 5.14. The minimum Gasteiger partial charge on any atom is -0.497 e. The minimum absolute atomic E-state index is 0.0119. The van der Waals surface area contributed by atoms with Gasteiger partial charge in [-0.3, -0.25) is 4.79 Å². The summed E-state index contributed by atoms with van der Waals surface area (Å²) >= 11 is 0. The van der Waals surface area contributed by atoms with Crippen LogP contribution < -0.4 is 9.47 Å². The molecule has 1 aliphatic rings. The highest BCUT2D eigenvalue weighted by atomic mass is 32.2. The van der Waals surface area contributed by atoms with Gasteiger partial charge in [-0.25, -0.2) is 8.42 Å². The molecule has 1 fully saturated rings. The summed E-state index contributed by atoms with van der Waals surface area (Å²) in [5, 5.41) is 0. The summed E-state index contributed by atoms with van der Waals surface area (Å²) in [6, 6.07) is 22.8. The van der Waals surface area contributed by atoms with Crippen LogP contribution in [0.1, 0.15) is 11.1 Å². The van der Waals surface area contributed by atoms with E-state index in [9.17, 15) is 13.2 Å². The van der Waals surface area contributed by atoms with Crippen molar-refractivity contribution in [2.75, 3.05) is 27.3 Å². The van der Waals surface area contributed by atoms with E-state index >= 15 is 0 Å². The van der Waals surface area contributed by atoms with E-state index in [1.165, 1.54) is 4.31 Å². The smallest absolute Gasteiger partial charge is 0.243 e. The maximum atomic E-state index is 13.4. The minimum atomic E-state index is -3.80. The average Bonchev–Trinajstić information content (AvgIpc) is 2.87. The van der Waals surface area contributed by atoms with E-state index in [0.29, 0.717) is 22.6 Å². The topological polar surface area (TPSA) is 72.9 Å². The molecule has 0 radical (unpaired) electrons. The van der Waals surface area contributed by atoms with Crippen molar-refractivity contribution in [2.24, 2.45) is 0 Å². The van der Waals surface area contributed by atoms with Gasteiger partial charge < -0.3 is 9.47 Å². The van der Waals surface area contributed by atoms with Crippen molar-refractivity contribution in [3.8, 4) is 11.5 Å². The summed E-state index contributed by atoms with van der Waals surface area (Å²) in [7, 11) is -0.630.